The predicted molar refractivity (Wildman–Crippen MR) is 87.1 cm³/mol. The fourth-order valence-corrected chi connectivity index (χ4v) is 3.56. The molecular formula is C16H26N2O2S. The summed E-state index contributed by atoms with van der Waals surface area (Å²) in [6.45, 7) is 6.63. The Bertz CT molecular complexity index is 599. The number of nitrogens with one attached hydrogen (secondary N) is 2. The highest BCUT2D eigenvalue weighted by Crippen LogP contribution is 2.36. The van der Waals surface area contributed by atoms with E-state index in [1.165, 1.54) is 19.9 Å². The number of sulfonamides is 1. The van der Waals surface area contributed by atoms with Crippen molar-refractivity contribution in [2.45, 2.75) is 57.4 Å². The Labute approximate surface area is 128 Å². The van der Waals surface area contributed by atoms with E-state index in [9.17, 15) is 8.42 Å². The summed E-state index contributed by atoms with van der Waals surface area (Å²) in [4.78, 5) is 0.314. The van der Waals surface area contributed by atoms with Crippen LogP contribution in [0.15, 0.2) is 23.1 Å². The molecule has 5 heteroatoms. The van der Waals surface area contributed by atoms with Gasteiger partial charge in [0.15, 0.2) is 0 Å². The molecule has 0 aliphatic heterocycles. The van der Waals surface area contributed by atoms with Crippen molar-refractivity contribution in [3.63, 3.8) is 0 Å². The van der Waals surface area contributed by atoms with Crippen molar-refractivity contribution in [2.24, 2.45) is 5.41 Å². The first-order chi connectivity index (χ1) is 9.73. The van der Waals surface area contributed by atoms with Crippen LogP contribution in [0.25, 0.3) is 0 Å². The topological polar surface area (TPSA) is 58.2 Å². The zero-order valence-electron chi connectivity index (χ0n) is 13.4. The van der Waals surface area contributed by atoms with Gasteiger partial charge in [0.05, 0.1) is 4.90 Å². The predicted octanol–water partition coefficient (Wildman–Crippen LogP) is 3.28. The summed E-state index contributed by atoms with van der Waals surface area (Å²) in [6.07, 6.45) is 4.68. The lowest BCUT2D eigenvalue weighted by Gasteiger charge is -2.35. The van der Waals surface area contributed by atoms with E-state index >= 15 is 0 Å². The van der Waals surface area contributed by atoms with Crippen LogP contribution in [0.3, 0.4) is 0 Å². The van der Waals surface area contributed by atoms with Crippen molar-refractivity contribution >= 4 is 15.7 Å². The first-order valence-corrected chi connectivity index (χ1v) is 9.03. The molecule has 0 unspecified atom stereocenters. The van der Waals surface area contributed by atoms with Crippen molar-refractivity contribution in [1.29, 1.82) is 0 Å². The number of hydrogen-bond acceptors (Lipinski definition) is 3. The Morgan fingerprint density at radius 1 is 1.19 bits per heavy atom. The maximum Gasteiger partial charge on any atom is 0.240 e. The Hall–Kier alpha value is -1.07. The van der Waals surface area contributed by atoms with Crippen LogP contribution in [0.4, 0.5) is 5.69 Å². The fourth-order valence-electron chi connectivity index (χ4n) is 2.81. The molecule has 1 aliphatic rings. The Balaban J connectivity index is 2.15. The molecule has 0 bridgehead atoms. The Kier molecular flexibility index (Phi) is 4.63. The van der Waals surface area contributed by atoms with Gasteiger partial charge in [0.25, 0.3) is 0 Å². The summed E-state index contributed by atoms with van der Waals surface area (Å²) in [7, 11) is -1.95. The first-order valence-electron chi connectivity index (χ1n) is 7.54. The maximum atomic E-state index is 11.9. The van der Waals surface area contributed by atoms with Gasteiger partial charge in [-0.2, -0.15) is 0 Å². The standard InChI is InChI=1S/C16H26N2O2S/c1-12-5-6-14(21(19,20)17-4)11-15(12)18-13-7-9-16(2,3)10-8-13/h5-6,11,13,17-18H,7-10H2,1-4H3. The van der Waals surface area contributed by atoms with Crippen molar-refractivity contribution in [2.75, 3.05) is 12.4 Å². The number of hydrogen-bond donors (Lipinski definition) is 2. The summed E-state index contributed by atoms with van der Waals surface area (Å²) < 4.78 is 26.2. The van der Waals surface area contributed by atoms with E-state index in [1.807, 2.05) is 13.0 Å². The molecular weight excluding hydrogens is 284 g/mol. The number of anilines is 1. The molecule has 118 valence electrons. The van der Waals surface area contributed by atoms with Crippen LogP contribution in [0.1, 0.15) is 45.1 Å². The second-order valence-electron chi connectivity index (χ2n) is 6.77. The minimum Gasteiger partial charge on any atom is -0.382 e. The minimum atomic E-state index is -3.39. The molecule has 0 atom stereocenters. The molecule has 2 rings (SSSR count). The lowest BCUT2D eigenvalue weighted by molar-refractivity contribution is 0.232. The summed E-state index contributed by atoms with van der Waals surface area (Å²) >= 11 is 0. The quantitative estimate of drug-likeness (QED) is 0.897. The van der Waals surface area contributed by atoms with Gasteiger partial charge in [-0.3, -0.25) is 0 Å². The van der Waals surface area contributed by atoms with Gasteiger partial charge in [-0.15, -0.1) is 0 Å². The van der Waals surface area contributed by atoms with Crippen LogP contribution in [-0.2, 0) is 10.0 Å². The summed E-state index contributed by atoms with van der Waals surface area (Å²) in [5.41, 5.74) is 2.44. The van der Waals surface area contributed by atoms with E-state index in [1.54, 1.807) is 12.1 Å². The van der Waals surface area contributed by atoms with Gasteiger partial charge < -0.3 is 5.32 Å². The molecule has 0 aromatic heterocycles. The van der Waals surface area contributed by atoms with Crippen LogP contribution < -0.4 is 10.0 Å². The van der Waals surface area contributed by atoms with Crippen molar-refractivity contribution < 1.29 is 8.42 Å². The van der Waals surface area contributed by atoms with Crippen LogP contribution in [0, 0.1) is 12.3 Å². The van der Waals surface area contributed by atoms with Crippen molar-refractivity contribution in [3.8, 4) is 0 Å². The zero-order chi connectivity index (χ0) is 15.7. The molecule has 4 nitrogen and oxygen atoms in total. The average molecular weight is 310 g/mol. The van der Waals surface area contributed by atoms with E-state index in [4.69, 9.17) is 0 Å². The molecule has 1 aromatic rings. The molecule has 1 saturated carbocycles. The van der Waals surface area contributed by atoms with Crippen LogP contribution in [0.5, 0.6) is 0 Å². The van der Waals surface area contributed by atoms with E-state index in [2.05, 4.69) is 23.9 Å². The van der Waals surface area contributed by atoms with Crippen molar-refractivity contribution in [1.82, 2.24) is 4.72 Å². The third kappa shape index (κ3) is 3.98. The second-order valence-corrected chi connectivity index (χ2v) is 8.65. The number of benzene rings is 1. The van der Waals surface area contributed by atoms with Gasteiger partial charge in [0.1, 0.15) is 0 Å². The van der Waals surface area contributed by atoms with Crippen LogP contribution in [0.2, 0.25) is 0 Å². The van der Waals surface area contributed by atoms with Gasteiger partial charge in [-0.25, -0.2) is 13.1 Å². The molecule has 0 radical (unpaired) electrons. The lowest BCUT2D eigenvalue weighted by Crippen LogP contribution is -2.30. The Morgan fingerprint density at radius 2 is 1.81 bits per heavy atom. The van der Waals surface area contributed by atoms with Gasteiger partial charge >= 0.3 is 0 Å². The van der Waals surface area contributed by atoms with E-state index < -0.39 is 10.0 Å². The lowest BCUT2D eigenvalue weighted by atomic mass is 9.75. The number of aryl methyl sites for hydroxylation is 1. The van der Waals surface area contributed by atoms with E-state index in [-0.39, 0.29) is 0 Å². The molecule has 0 spiro atoms. The molecule has 1 aromatic carbocycles. The van der Waals surface area contributed by atoms with Crippen molar-refractivity contribution in [3.05, 3.63) is 23.8 Å². The molecule has 1 fully saturated rings. The van der Waals surface area contributed by atoms with E-state index in [0.717, 1.165) is 24.1 Å². The SMILES string of the molecule is CNS(=O)(=O)c1ccc(C)c(NC2CCC(C)(C)CC2)c1. The summed E-state index contributed by atoms with van der Waals surface area (Å²) in [6, 6.07) is 5.68. The number of rotatable bonds is 4. The average Bonchev–Trinajstić information content (AvgIpc) is 2.43. The largest absolute Gasteiger partial charge is 0.382 e. The molecule has 1 aliphatic carbocycles. The highest BCUT2D eigenvalue weighted by molar-refractivity contribution is 7.89. The summed E-state index contributed by atoms with van der Waals surface area (Å²) in [5.74, 6) is 0. The highest BCUT2D eigenvalue weighted by atomic mass is 32.2. The van der Waals surface area contributed by atoms with Gasteiger partial charge in [-0.1, -0.05) is 19.9 Å². The molecule has 2 N–H and O–H groups in total. The Morgan fingerprint density at radius 3 is 2.38 bits per heavy atom. The molecule has 0 heterocycles. The summed E-state index contributed by atoms with van der Waals surface area (Å²) in [5, 5.41) is 3.53. The smallest absolute Gasteiger partial charge is 0.240 e. The molecule has 21 heavy (non-hydrogen) atoms. The van der Waals surface area contributed by atoms with Gasteiger partial charge in [-0.05, 0) is 62.8 Å². The van der Waals surface area contributed by atoms with Crippen LogP contribution >= 0.6 is 0 Å². The first kappa shape index (κ1) is 16.3. The molecule has 0 amide bonds. The van der Waals surface area contributed by atoms with E-state index in [0.29, 0.717) is 16.4 Å². The highest BCUT2D eigenvalue weighted by Gasteiger charge is 2.27. The second kappa shape index (κ2) is 5.97. The third-order valence-corrected chi connectivity index (χ3v) is 5.90. The monoisotopic (exact) mass is 310 g/mol. The van der Waals surface area contributed by atoms with Crippen LogP contribution in [-0.4, -0.2) is 21.5 Å². The van der Waals surface area contributed by atoms with Gasteiger partial charge in [0.2, 0.25) is 10.0 Å². The maximum absolute atomic E-state index is 11.9. The molecule has 0 saturated heterocycles. The fraction of sp³-hybridized carbons (Fsp3) is 0.625. The minimum absolute atomic E-state index is 0.314. The normalized spacial score (nSPS) is 19.4. The third-order valence-electron chi connectivity index (χ3n) is 4.49. The zero-order valence-corrected chi connectivity index (χ0v) is 14.2. The van der Waals surface area contributed by atoms with Gasteiger partial charge in [0, 0.05) is 11.7 Å².